The van der Waals surface area contributed by atoms with Crippen molar-refractivity contribution >= 4 is 44.3 Å². The van der Waals surface area contributed by atoms with Gasteiger partial charge >= 0.3 is 0 Å². The van der Waals surface area contributed by atoms with Gasteiger partial charge in [0.2, 0.25) is 0 Å². The van der Waals surface area contributed by atoms with Gasteiger partial charge in [-0.05, 0) is 35.7 Å². The normalized spacial score (nSPS) is 11.7. The maximum Gasteiger partial charge on any atom is 0.136 e. The lowest BCUT2D eigenvalue weighted by Gasteiger charge is -2.01. The van der Waals surface area contributed by atoms with Crippen molar-refractivity contribution in [3.8, 4) is 0 Å². The molecule has 3 aromatic carbocycles. The van der Waals surface area contributed by atoms with Gasteiger partial charge in [-0.25, -0.2) is 4.39 Å². The van der Waals surface area contributed by atoms with Crippen LogP contribution in [0.25, 0.3) is 32.7 Å². The van der Waals surface area contributed by atoms with Crippen LogP contribution in [-0.4, -0.2) is 0 Å². The average Bonchev–Trinajstić information content (AvgIpc) is 2.77. The van der Waals surface area contributed by atoms with E-state index in [4.69, 9.17) is 16.0 Å². The Morgan fingerprint density at radius 1 is 0.895 bits per heavy atom. The summed E-state index contributed by atoms with van der Waals surface area (Å²) in [5, 5.41) is 4.21. The van der Waals surface area contributed by atoms with Gasteiger partial charge < -0.3 is 4.42 Å². The van der Waals surface area contributed by atoms with Crippen molar-refractivity contribution in [2.24, 2.45) is 0 Å². The highest BCUT2D eigenvalue weighted by molar-refractivity contribution is 6.39. The van der Waals surface area contributed by atoms with E-state index in [1.165, 1.54) is 12.1 Å². The van der Waals surface area contributed by atoms with E-state index in [0.29, 0.717) is 10.6 Å². The first-order valence-electron chi connectivity index (χ1n) is 5.93. The smallest absolute Gasteiger partial charge is 0.136 e. The lowest BCUT2D eigenvalue weighted by Crippen LogP contribution is -1.77. The van der Waals surface area contributed by atoms with Gasteiger partial charge in [-0.1, -0.05) is 29.8 Å². The van der Waals surface area contributed by atoms with Gasteiger partial charge in [0.15, 0.2) is 0 Å². The van der Waals surface area contributed by atoms with Crippen LogP contribution in [0.4, 0.5) is 4.39 Å². The van der Waals surface area contributed by atoms with Crippen molar-refractivity contribution in [3.05, 3.63) is 59.4 Å². The highest BCUT2D eigenvalue weighted by atomic mass is 35.5. The molecule has 0 spiro atoms. The van der Waals surface area contributed by atoms with Crippen molar-refractivity contribution in [2.45, 2.75) is 0 Å². The third-order valence-electron chi connectivity index (χ3n) is 3.39. The minimum Gasteiger partial charge on any atom is -0.456 e. The van der Waals surface area contributed by atoms with Gasteiger partial charge in [0.25, 0.3) is 0 Å². The van der Waals surface area contributed by atoms with E-state index in [1.54, 1.807) is 6.07 Å². The Morgan fingerprint density at radius 2 is 1.74 bits per heavy atom. The summed E-state index contributed by atoms with van der Waals surface area (Å²) in [6.07, 6.45) is 0. The van der Waals surface area contributed by atoms with E-state index in [-0.39, 0.29) is 5.82 Å². The second kappa shape index (κ2) is 3.72. The Kier molecular flexibility index (Phi) is 2.12. The van der Waals surface area contributed by atoms with Crippen LogP contribution in [0.5, 0.6) is 0 Å². The Morgan fingerprint density at radius 3 is 2.63 bits per heavy atom. The zero-order chi connectivity index (χ0) is 13.0. The van der Waals surface area contributed by atoms with E-state index in [2.05, 4.69) is 0 Å². The third kappa shape index (κ3) is 1.47. The van der Waals surface area contributed by atoms with Crippen molar-refractivity contribution in [1.82, 2.24) is 0 Å². The number of rotatable bonds is 0. The fourth-order valence-electron chi connectivity index (χ4n) is 2.57. The molecule has 4 aromatic rings. The van der Waals surface area contributed by atoms with E-state index >= 15 is 0 Å². The van der Waals surface area contributed by atoms with Crippen LogP contribution in [0.15, 0.2) is 52.9 Å². The summed E-state index contributed by atoms with van der Waals surface area (Å²) in [4.78, 5) is 0. The number of benzene rings is 3. The molecule has 0 N–H and O–H groups in total. The summed E-state index contributed by atoms with van der Waals surface area (Å²) in [5.41, 5.74) is 1.39. The molecule has 0 radical (unpaired) electrons. The van der Waals surface area contributed by atoms with E-state index in [0.717, 1.165) is 27.1 Å². The van der Waals surface area contributed by atoms with Crippen LogP contribution < -0.4 is 0 Å². The Balaban J connectivity index is 2.37. The second-order valence-electron chi connectivity index (χ2n) is 4.52. The van der Waals surface area contributed by atoms with Crippen molar-refractivity contribution in [3.63, 3.8) is 0 Å². The Labute approximate surface area is 113 Å². The number of halogens is 2. The topological polar surface area (TPSA) is 13.1 Å². The maximum atomic E-state index is 13.5. The standard InChI is InChI=1S/C16H8ClFO/c17-12-3-1-2-9-4-6-14-16(15(9)12)11-8-10(18)5-7-13(11)19-14/h1-8H. The molecule has 0 atom stereocenters. The number of furan rings is 1. The number of fused-ring (bicyclic) bond motifs is 5. The van der Waals surface area contributed by atoms with Crippen LogP contribution in [0.2, 0.25) is 5.02 Å². The summed E-state index contributed by atoms with van der Waals surface area (Å²) in [5.74, 6) is -0.278. The largest absolute Gasteiger partial charge is 0.456 e. The van der Waals surface area contributed by atoms with Gasteiger partial charge in [-0.2, -0.15) is 0 Å². The molecule has 19 heavy (non-hydrogen) atoms. The van der Waals surface area contributed by atoms with Gasteiger partial charge in [-0.15, -0.1) is 0 Å². The minimum atomic E-state index is -0.278. The quantitative estimate of drug-likeness (QED) is 0.409. The predicted molar refractivity (Wildman–Crippen MR) is 76.2 cm³/mol. The SMILES string of the molecule is Fc1ccc2oc3ccc4cccc(Cl)c4c3c2c1. The molecule has 92 valence electrons. The molecule has 4 rings (SSSR count). The molecule has 1 heterocycles. The Bertz CT molecular complexity index is 940. The van der Waals surface area contributed by atoms with E-state index in [9.17, 15) is 4.39 Å². The lowest BCUT2D eigenvalue weighted by molar-refractivity contribution is 0.626. The van der Waals surface area contributed by atoms with Crippen LogP contribution >= 0.6 is 11.6 Å². The molecule has 0 aliphatic rings. The first-order chi connectivity index (χ1) is 9.24. The van der Waals surface area contributed by atoms with Gasteiger partial charge in [-0.3, -0.25) is 0 Å². The van der Waals surface area contributed by atoms with E-state index < -0.39 is 0 Å². The molecular weight excluding hydrogens is 263 g/mol. The first-order valence-corrected chi connectivity index (χ1v) is 6.31. The monoisotopic (exact) mass is 270 g/mol. The molecule has 1 aromatic heterocycles. The summed E-state index contributed by atoms with van der Waals surface area (Å²) >= 11 is 6.30. The fraction of sp³-hybridized carbons (Fsp3) is 0. The minimum absolute atomic E-state index is 0.278. The molecule has 0 aliphatic heterocycles. The summed E-state index contributed by atoms with van der Waals surface area (Å²) in [7, 11) is 0. The second-order valence-corrected chi connectivity index (χ2v) is 4.93. The summed E-state index contributed by atoms with van der Waals surface area (Å²) in [6.45, 7) is 0. The number of hydrogen-bond donors (Lipinski definition) is 0. The molecule has 0 bridgehead atoms. The molecule has 0 saturated carbocycles. The molecule has 0 fully saturated rings. The van der Waals surface area contributed by atoms with Crippen LogP contribution in [0.3, 0.4) is 0 Å². The molecule has 0 saturated heterocycles. The molecule has 0 aliphatic carbocycles. The van der Waals surface area contributed by atoms with Gasteiger partial charge in [0.1, 0.15) is 17.0 Å². The summed E-state index contributed by atoms with van der Waals surface area (Å²) in [6, 6.07) is 14.1. The highest BCUT2D eigenvalue weighted by Crippen LogP contribution is 2.37. The van der Waals surface area contributed by atoms with Crippen LogP contribution in [0, 0.1) is 5.82 Å². The maximum absolute atomic E-state index is 13.5. The zero-order valence-corrected chi connectivity index (χ0v) is 10.5. The number of hydrogen-bond acceptors (Lipinski definition) is 1. The molecule has 0 amide bonds. The molecule has 3 heteroatoms. The average molecular weight is 271 g/mol. The molecule has 1 nitrogen and oxygen atoms in total. The van der Waals surface area contributed by atoms with Gasteiger partial charge in [0.05, 0.1) is 0 Å². The predicted octanol–water partition coefficient (Wildman–Crippen LogP) is 5.53. The Hall–Kier alpha value is -2.06. The van der Waals surface area contributed by atoms with Gasteiger partial charge in [0, 0.05) is 21.2 Å². The zero-order valence-electron chi connectivity index (χ0n) is 9.78. The highest BCUT2D eigenvalue weighted by Gasteiger charge is 2.12. The fourth-order valence-corrected chi connectivity index (χ4v) is 2.85. The van der Waals surface area contributed by atoms with Crippen molar-refractivity contribution in [2.75, 3.05) is 0 Å². The van der Waals surface area contributed by atoms with Crippen LogP contribution in [-0.2, 0) is 0 Å². The van der Waals surface area contributed by atoms with Crippen LogP contribution in [0.1, 0.15) is 0 Å². The van der Waals surface area contributed by atoms with Crippen molar-refractivity contribution in [1.29, 1.82) is 0 Å². The first kappa shape index (κ1) is 10.8. The third-order valence-corrected chi connectivity index (χ3v) is 3.70. The van der Waals surface area contributed by atoms with Crippen molar-refractivity contribution < 1.29 is 8.81 Å². The lowest BCUT2D eigenvalue weighted by atomic mass is 10.0. The molecular formula is C16H8ClFO. The van der Waals surface area contributed by atoms with E-state index in [1.807, 2.05) is 30.3 Å². The molecule has 0 unspecified atom stereocenters. The summed E-state index contributed by atoms with van der Waals surface area (Å²) < 4.78 is 19.2.